The van der Waals surface area contributed by atoms with Gasteiger partial charge >= 0.3 is 0 Å². The van der Waals surface area contributed by atoms with Crippen molar-refractivity contribution in [1.82, 2.24) is 0 Å². The highest BCUT2D eigenvalue weighted by Crippen LogP contribution is 2.34. The van der Waals surface area contributed by atoms with Crippen LogP contribution in [-0.4, -0.2) is 0 Å². The van der Waals surface area contributed by atoms with Crippen LogP contribution in [0, 0.1) is 11.7 Å². The topological polar surface area (TPSA) is 26.0 Å². The second-order valence-corrected chi connectivity index (χ2v) is 5.03. The first kappa shape index (κ1) is 11.9. The van der Waals surface area contributed by atoms with Gasteiger partial charge < -0.3 is 5.73 Å². The Morgan fingerprint density at radius 1 is 1.25 bits per heavy atom. The molecule has 16 heavy (non-hydrogen) atoms. The Balaban J connectivity index is 2.18. The van der Waals surface area contributed by atoms with Gasteiger partial charge in [0.15, 0.2) is 0 Å². The van der Waals surface area contributed by atoms with Crippen LogP contribution in [0.15, 0.2) is 18.2 Å². The first-order chi connectivity index (χ1) is 7.68. The van der Waals surface area contributed by atoms with E-state index in [0.717, 1.165) is 12.8 Å². The van der Waals surface area contributed by atoms with Crippen LogP contribution in [0.25, 0.3) is 0 Å². The van der Waals surface area contributed by atoms with E-state index in [0.29, 0.717) is 16.5 Å². The molecule has 0 unspecified atom stereocenters. The Morgan fingerprint density at radius 3 is 2.62 bits per heavy atom. The van der Waals surface area contributed by atoms with Gasteiger partial charge in [0, 0.05) is 16.6 Å². The molecule has 1 atom stereocenters. The average Bonchev–Trinajstić information content (AvgIpc) is 2.32. The number of hydrogen-bond donors (Lipinski definition) is 1. The molecule has 0 spiro atoms. The summed E-state index contributed by atoms with van der Waals surface area (Å²) in [4.78, 5) is 0. The highest BCUT2D eigenvalue weighted by molar-refractivity contribution is 6.30. The Labute approximate surface area is 101 Å². The molecule has 0 radical (unpaired) electrons. The van der Waals surface area contributed by atoms with Crippen molar-refractivity contribution in [2.75, 3.05) is 0 Å². The number of halogens is 2. The average molecular weight is 242 g/mol. The molecule has 1 aromatic carbocycles. The van der Waals surface area contributed by atoms with Gasteiger partial charge in [-0.25, -0.2) is 4.39 Å². The summed E-state index contributed by atoms with van der Waals surface area (Å²) >= 11 is 5.88. The van der Waals surface area contributed by atoms with Gasteiger partial charge in [-0.15, -0.1) is 0 Å². The molecule has 0 bridgehead atoms. The molecule has 1 fully saturated rings. The Morgan fingerprint density at radius 2 is 1.94 bits per heavy atom. The van der Waals surface area contributed by atoms with Gasteiger partial charge in [-0.1, -0.05) is 30.9 Å². The van der Waals surface area contributed by atoms with E-state index >= 15 is 0 Å². The van der Waals surface area contributed by atoms with Crippen LogP contribution in [0.5, 0.6) is 0 Å². The van der Waals surface area contributed by atoms with Crippen molar-refractivity contribution in [3.63, 3.8) is 0 Å². The molecule has 0 aromatic heterocycles. The van der Waals surface area contributed by atoms with Crippen LogP contribution >= 0.6 is 11.6 Å². The summed E-state index contributed by atoms with van der Waals surface area (Å²) in [5.74, 6) is 0.171. The molecule has 1 saturated carbocycles. The van der Waals surface area contributed by atoms with E-state index in [1.807, 2.05) is 0 Å². The fraction of sp³-hybridized carbons (Fsp3) is 0.538. The van der Waals surface area contributed by atoms with E-state index in [1.54, 1.807) is 12.1 Å². The molecular formula is C13H17ClFN. The molecule has 1 aromatic rings. The Bertz CT molecular complexity index is 361. The molecule has 2 rings (SSSR count). The molecule has 0 aliphatic heterocycles. The van der Waals surface area contributed by atoms with Crippen molar-refractivity contribution in [3.8, 4) is 0 Å². The van der Waals surface area contributed by atoms with E-state index < -0.39 is 0 Å². The zero-order valence-corrected chi connectivity index (χ0v) is 10.0. The van der Waals surface area contributed by atoms with Crippen molar-refractivity contribution in [2.24, 2.45) is 11.7 Å². The summed E-state index contributed by atoms with van der Waals surface area (Å²) in [5.41, 5.74) is 6.71. The summed E-state index contributed by atoms with van der Waals surface area (Å²) in [6, 6.07) is 4.42. The van der Waals surface area contributed by atoms with E-state index in [2.05, 4.69) is 0 Å². The number of hydrogen-bond acceptors (Lipinski definition) is 1. The molecule has 3 heteroatoms. The van der Waals surface area contributed by atoms with E-state index in [1.165, 1.54) is 25.3 Å². The van der Waals surface area contributed by atoms with E-state index in [4.69, 9.17) is 17.3 Å². The lowest BCUT2D eigenvalue weighted by Gasteiger charge is -2.28. The van der Waals surface area contributed by atoms with E-state index in [-0.39, 0.29) is 11.9 Å². The van der Waals surface area contributed by atoms with Gasteiger partial charge in [0.2, 0.25) is 0 Å². The van der Waals surface area contributed by atoms with Gasteiger partial charge in [0.25, 0.3) is 0 Å². The fourth-order valence-electron chi connectivity index (χ4n) is 2.52. The summed E-state index contributed by atoms with van der Waals surface area (Å²) in [6.45, 7) is 0. The zero-order chi connectivity index (χ0) is 11.5. The molecule has 0 saturated heterocycles. The predicted octanol–water partition coefficient (Wildman–Crippen LogP) is 4.06. The largest absolute Gasteiger partial charge is 0.324 e. The highest BCUT2D eigenvalue weighted by atomic mass is 35.5. The predicted molar refractivity (Wildman–Crippen MR) is 64.9 cm³/mol. The molecule has 0 amide bonds. The van der Waals surface area contributed by atoms with Gasteiger partial charge in [-0.3, -0.25) is 0 Å². The van der Waals surface area contributed by atoms with Gasteiger partial charge in [-0.2, -0.15) is 0 Å². The maximum absolute atomic E-state index is 13.6. The summed E-state index contributed by atoms with van der Waals surface area (Å²) in [6.07, 6.45) is 5.91. The molecule has 1 aliphatic rings. The summed E-state index contributed by atoms with van der Waals surface area (Å²) in [7, 11) is 0. The first-order valence-electron chi connectivity index (χ1n) is 5.89. The van der Waals surface area contributed by atoms with Crippen LogP contribution in [0.4, 0.5) is 4.39 Å². The smallest absolute Gasteiger partial charge is 0.128 e. The minimum Gasteiger partial charge on any atom is -0.324 e. The van der Waals surface area contributed by atoms with Gasteiger partial charge in [0.1, 0.15) is 5.82 Å². The lowest BCUT2D eigenvalue weighted by Crippen LogP contribution is -2.24. The first-order valence-corrected chi connectivity index (χ1v) is 6.27. The van der Waals surface area contributed by atoms with Crippen LogP contribution in [0.2, 0.25) is 5.02 Å². The van der Waals surface area contributed by atoms with Crippen LogP contribution < -0.4 is 5.73 Å². The number of nitrogens with two attached hydrogens (primary N) is 1. The lowest BCUT2D eigenvalue weighted by molar-refractivity contribution is 0.303. The Kier molecular flexibility index (Phi) is 3.82. The molecular weight excluding hydrogens is 225 g/mol. The maximum atomic E-state index is 13.6. The number of rotatable bonds is 2. The highest BCUT2D eigenvalue weighted by Gasteiger charge is 2.24. The lowest BCUT2D eigenvalue weighted by atomic mass is 9.81. The third kappa shape index (κ3) is 2.55. The second-order valence-electron chi connectivity index (χ2n) is 4.59. The van der Waals surface area contributed by atoms with Crippen LogP contribution in [0.3, 0.4) is 0 Å². The van der Waals surface area contributed by atoms with Crippen molar-refractivity contribution >= 4 is 11.6 Å². The van der Waals surface area contributed by atoms with Crippen molar-refractivity contribution in [2.45, 2.75) is 38.1 Å². The van der Waals surface area contributed by atoms with Crippen LogP contribution in [-0.2, 0) is 0 Å². The van der Waals surface area contributed by atoms with Gasteiger partial charge in [0.05, 0.1) is 0 Å². The minimum absolute atomic E-state index is 0.209. The normalized spacial score (nSPS) is 19.7. The monoisotopic (exact) mass is 241 g/mol. The standard InChI is InChI=1S/C13H17ClFN/c14-10-6-7-12(15)11(8-10)13(16)9-4-2-1-3-5-9/h6-9,13H,1-5,16H2/t13-/m0/s1. The van der Waals surface area contributed by atoms with Crippen molar-refractivity contribution < 1.29 is 4.39 Å². The molecule has 1 aliphatic carbocycles. The maximum Gasteiger partial charge on any atom is 0.128 e. The third-order valence-electron chi connectivity index (χ3n) is 3.47. The van der Waals surface area contributed by atoms with Crippen molar-refractivity contribution in [3.05, 3.63) is 34.6 Å². The van der Waals surface area contributed by atoms with E-state index in [9.17, 15) is 4.39 Å². The quantitative estimate of drug-likeness (QED) is 0.830. The minimum atomic E-state index is -0.234. The molecule has 2 N–H and O–H groups in total. The summed E-state index contributed by atoms with van der Waals surface area (Å²) < 4.78 is 13.6. The SMILES string of the molecule is N[C@H](c1cc(Cl)ccc1F)C1CCCCC1. The number of benzene rings is 1. The molecule has 88 valence electrons. The van der Waals surface area contributed by atoms with Gasteiger partial charge in [-0.05, 0) is 37.0 Å². The zero-order valence-electron chi connectivity index (χ0n) is 9.26. The molecule has 1 nitrogen and oxygen atoms in total. The second kappa shape index (κ2) is 5.15. The van der Waals surface area contributed by atoms with Crippen molar-refractivity contribution in [1.29, 1.82) is 0 Å². The Hall–Kier alpha value is -0.600. The summed E-state index contributed by atoms with van der Waals surface area (Å²) in [5, 5.41) is 0.558. The van der Waals surface area contributed by atoms with Crippen LogP contribution in [0.1, 0.15) is 43.7 Å². The fourth-order valence-corrected chi connectivity index (χ4v) is 2.70. The third-order valence-corrected chi connectivity index (χ3v) is 3.71. The molecule has 0 heterocycles.